The highest BCUT2D eigenvalue weighted by Crippen LogP contribution is 2.28. The van der Waals surface area contributed by atoms with E-state index in [0.717, 1.165) is 27.1 Å². The quantitative estimate of drug-likeness (QED) is 0.919. The number of thiophene rings is 1. The second-order valence-corrected chi connectivity index (χ2v) is 6.79. The number of aryl methyl sites for hydroxylation is 1. The highest BCUT2D eigenvalue weighted by Gasteiger charge is 2.10. The summed E-state index contributed by atoms with van der Waals surface area (Å²) in [4.78, 5) is 1.29. The molecule has 2 aromatic rings. The van der Waals surface area contributed by atoms with Crippen LogP contribution in [0.25, 0.3) is 0 Å². The molecule has 1 heterocycles. The fraction of sp³-hybridized carbons (Fsp3) is 0.286. The Labute approximate surface area is 120 Å². The minimum Gasteiger partial charge on any atom is -0.496 e. The van der Waals surface area contributed by atoms with Gasteiger partial charge in [0.1, 0.15) is 5.75 Å². The Kier molecular flexibility index (Phi) is 4.43. The summed E-state index contributed by atoms with van der Waals surface area (Å²) in [6.45, 7) is 2.03. The molecule has 2 rings (SSSR count). The van der Waals surface area contributed by atoms with E-state index >= 15 is 0 Å². The van der Waals surface area contributed by atoms with Gasteiger partial charge in [0.25, 0.3) is 0 Å². The van der Waals surface area contributed by atoms with Gasteiger partial charge in [-0.2, -0.15) is 0 Å². The van der Waals surface area contributed by atoms with Gasteiger partial charge in [-0.15, -0.1) is 11.3 Å². The van der Waals surface area contributed by atoms with Crippen LogP contribution in [0.2, 0.25) is 0 Å². The van der Waals surface area contributed by atoms with Crippen LogP contribution < -0.4 is 10.5 Å². The van der Waals surface area contributed by atoms with Crippen molar-refractivity contribution in [2.45, 2.75) is 19.4 Å². The number of benzene rings is 1. The van der Waals surface area contributed by atoms with E-state index < -0.39 is 0 Å². The topological polar surface area (TPSA) is 35.2 Å². The summed E-state index contributed by atoms with van der Waals surface area (Å²) in [5.41, 5.74) is 8.49. The van der Waals surface area contributed by atoms with Crippen LogP contribution in [0.5, 0.6) is 5.75 Å². The Morgan fingerprint density at radius 2 is 2.11 bits per heavy atom. The van der Waals surface area contributed by atoms with E-state index in [1.807, 2.05) is 13.0 Å². The zero-order chi connectivity index (χ0) is 13.1. The summed E-state index contributed by atoms with van der Waals surface area (Å²) in [6, 6.07) is 10.3. The minimum atomic E-state index is 0.00468. The van der Waals surface area contributed by atoms with Crippen LogP contribution >= 0.6 is 27.3 Å². The number of hydrogen-bond donors (Lipinski definition) is 1. The number of hydrogen-bond acceptors (Lipinski definition) is 3. The van der Waals surface area contributed by atoms with E-state index in [1.165, 1.54) is 4.88 Å². The first kappa shape index (κ1) is 13.6. The maximum atomic E-state index is 6.25. The lowest BCUT2D eigenvalue weighted by molar-refractivity contribution is 0.410. The van der Waals surface area contributed by atoms with Gasteiger partial charge >= 0.3 is 0 Å². The molecule has 0 spiro atoms. The van der Waals surface area contributed by atoms with Gasteiger partial charge in [0.2, 0.25) is 0 Å². The Balaban J connectivity index is 2.15. The molecule has 1 atom stereocenters. The lowest BCUT2D eigenvalue weighted by Gasteiger charge is -2.13. The van der Waals surface area contributed by atoms with E-state index in [1.54, 1.807) is 18.4 Å². The molecule has 0 amide bonds. The molecular weight excluding hydrogens is 310 g/mol. The molecule has 2 nitrogen and oxygen atoms in total. The lowest BCUT2D eigenvalue weighted by atomic mass is 10.0. The third kappa shape index (κ3) is 3.13. The molecule has 0 saturated heterocycles. The van der Waals surface area contributed by atoms with E-state index in [2.05, 4.69) is 40.2 Å². The van der Waals surface area contributed by atoms with Crippen molar-refractivity contribution in [3.63, 3.8) is 0 Å². The molecule has 0 bridgehead atoms. The number of rotatable bonds is 4. The third-order valence-corrected chi connectivity index (χ3v) is 4.56. The van der Waals surface area contributed by atoms with Gasteiger partial charge in [0, 0.05) is 17.3 Å². The molecule has 1 unspecified atom stereocenters. The third-order valence-electron chi connectivity index (χ3n) is 2.91. The summed E-state index contributed by atoms with van der Waals surface area (Å²) in [6.07, 6.45) is 0.850. The summed E-state index contributed by atoms with van der Waals surface area (Å²) < 4.78 is 6.47. The Morgan fingerprint density at radius 3 is 2.72 bits per heavy atom. The molecule has 0 aliphatic carbocycles. The minimum absolute atomic E-state index is 0.00468. The number of halogens is 1. The molecule has 2 N–H and O–H groups in total. The number of methoxy groups -OCH3 is 1. The first-order valence-electron chi connectivity index (χ1n) is 5.74. The van der Waals surface area contributed by atoms with Crippen LogP contribution in [0.4, 0.5) is 0 Å². The van der Waals surface area contributed by atoms with Gasteiger partial charge in [0.15, 0.2) is 0 Å². The van der Waals surface area contributed by atoms with Crippen molar-refractivity contribution < 1.29 is 4.74 Å². The van der Waals surface area contributed by atoms with Crippen molar-refractivity contribution in [3.8, 4) is 5.75 Å². The van der Waals surface area contributed by atoms with Gasteiger partial charge in [-0.3, -0.25) is 0 Å². The average molecular weight is 326 g/mol. The second-order valence-electron chi connectivity index (χ2n) is 4.25. The van der Waals surface area contributed by atoms with Crippen molar-refractivity contribution in [2.24, 2.45) is 5.73 Å². The van der Waals surface area contributed by atoms with Crippen molar-refractivity contribution >= 4 is 27.3 Å². The highest BCUT2D eigenvalue weighted by molar-refractivity contribution is 9.11. The first-order valence-corrected chi connectivity index (χ1v) is 7.35. The van der Waals surface area contributed by atoms with Crippen LogP contribution in [0.1, 0.15) is 22.0 Å². The molecule has 0 aliphatic heterocycles. The lowest BCUT2D eigenvalue weighted by Crippen LogP contribution is -2.12. The molecule has 0 fully saturated rings. The summed E-state index contributed by atoms with van der Waals surface area (Å²) in [7, 11) is 1.69. The zero-order valence-electron chi connectivity index (χ0n) is 10.4. The van der Waals surface area contributed by atoms with E-state index in [4.69, 9.17) is 10.5 Å². The average Bonchev–Trinajstić information content (AvgIpc) is 2.75. The van der Waals surface area contributed by atoms with Crippen LogP contribution in [-0.4, -0.2) is 7.11 Å². The van der Waals surface area contributed by atoms with Gasteiger partial charge < -0.3 is 10.5 Å². The Bertz CT molecular complexity index is 538. The molecule has 96 valence electrons. The molecule has 0 saturated carbocycles. The van der Waals surface area contributed by atoms with E-state index in [-0.39, 0.29) is 6.04 Å². The normalized spacial score (nSPS) is 12.4. The van der Waals surface area contributed by atoms with Gasteiger partial charge in [0.05, 0.1) is 10.9 Å². The van der Waals surface area contributed by atoms with E-state index in [9.17, 15) is 0 Å². The predicted molar refractivity (Wildman–Crippen MR) is 80.4 cm³/mol. The molecule has 4 heteroatoms. The molecule has 0 radical (unpaired) electrons. The van der Waals surface area contributed by atoms with Gasteiger partial charge in [-0.25, -0.2) is 0 Å². The van der Waals surface area contributed by atoms with Gasteiger partial charge in [-0.1, -0.05) is 12.1 Å². The summed E-state index contributed by atoms with van der Waals surface area (Å²) in [5.74, 6) is 0.898. The molecular formula is C14H16BrNOS. The summed E-state index contributed by atoms with van der Waals surface area (Å²) >= 11 is 5.20. The van der Waals surface area contributed by atoms with Crippen molar-refractivity contribution in [2.75, 3.05) is 7.11 Å². The molecule has 0 aliphatic rings. The van der Waals surface area contributed by atoms with Crippen LogP contribution in [0.15, 0.2) is 34.1 Å². The largest absolute Gasteiger partial charge is 0.496 e. The van der Waals surface area contributed by atoms with Crippen LogP contribution in [0.3, 0.4) is 0 Å². The SMILES string of the molecule is COc1cc(C(N)Cc2ccc(Br)s2)ccc1C. The summed E-state index contributed by atoms with van der Waals surface area (Å²) in [5, 5.41) is 0. The van der Waals surface area contributed by atoms with Gasteiger partial charge in [-0.05, 0) is 52.2 Å². The Hall–Kier alpha value is -0.840. The zero-order valence-corrected chi connectivity index (χ0v) is 12.8. The monoisotopic (exact) mass is 325 g/mol. The predicted octanol–water partition coefficient (Wildman–Crippen LogP) is 4.07. The maximum Gasteiger partial charge on any atom is 0.122 e. The number of ether oxygens (including phenoxy) is 1. The highest BCUT2D eigenvalue weighted by atomic mass is 79.9. The second kappa shape index (κ2) is 5.87. The van der Waals surface area contributed by atoms with E-state index in [0.29, 0.717) is 0 Å². The van der Waals surface area contributed by atoms with Crippen molar-refractivity contribution in [1.82, 2.24) is 0 Å². The standard InChI is InChI=1S/C14H16BrNOS/c1-9-3-4-10(7-13(9)17-2)12(16)8-11-5-6-14(15)18-11/h3-7,12H,8,16H2,1-2H3. The smallest absolute Gasteiger partial charge is 0.122 e. The Morgan fingerprint density at radius 1 is 1.33 bits per heavy atom. The van der Waals surface area contributed by atoms with Crippen LogP contribution in [-0.2, 0) is 6.42 Å². The van der Waals surface area contributed by atoms with Crippen molar-refractivity contribution in [1.29, 1.82) is 0 Å². The first-order chi connectivity index (χ1) is 8.60. The maximum absolute atomic E-state index is 6.25. The van der Waals surface area contributed by atoms with Crippen LogP contribution in [0, 0.1) is 6.92 Å². The molecule has 1 aromatic heterocycles. The molecule has 1 aromatic carbocycles. The fourth-order valence-electron chi connectivity index (χ4n) is 1.86. The number of nitrogens with two attached hydrogens (primary N) is 1. The molecule has 18 heavy (non-hydrogen) atoms. The fourth-order valence-corrected chi connectivity index (χ4v) is 3.40. The van der Waals surface area contributed by atoms with Crippen molar-refractivity contribution in [3.05, 3.63) is 50.1 Å².